The summed E-state index contributed by atoms with van der Waals surface area (Å²) in [5, 5.41) is 5.71. The topological polar surface area (TPSA) is 67.1 Å². The predicted molar refractivity (Wildman–Crippen MR) is 40.6 cm³/mol. The van der Waals surface area contributed by atoms with Crippen LogP contribution >= 0.6 is 0 Å². The standard InChI is InChI=1S/C6H15N3O/c1-2-8-3-4-9-6(10)5-7/h8H,2-5,7H2,1H3,(H,9,10). The third-order valence-corrected chi connectivity index (χ3v) is 1.06. The second-order valence-corrected chi connectivity index (χ2v) is 1.91. The molecule has 0 saturated carbocycles. The smallest absolute Gasteiger partial charge is 0.233 e. The zero-order valence-corrected chi connectivity index (χ0v) is 6.31. The number of amides is 1. The van der Waals surface area contributed by atoms with Gasteiger partial charge in [0.1, 0.15) is 0 Å². The summed E-state index contributed by atoms with van der Waals surface area (Å²) in [5.74, 6) is -0.0992. The molecule has 0 fully saturated rings. The molecule has 0 unspecified atom stereocenters. The molecule has 4 N–H and O–H groups in total. The largest absolute Gasteiger partial charge is 0.354 e. The minimum atomic E-state index is -0.0992. The fourth-order valence-corrected chi connectivity index (χ4v) is 0.539. The maximum atomic E-state index is 10.5. The van der Waals surface area contributed by atoms with E-state index in [-0.39, 0.29) is 12.5 Å². The first-order valence-corrected chi connectivity index (χ1v) is 3.48. The average molecular weight is 145 g/mol. The van der Waals surface area contributed by atoms with E-state index < -0.39 is 0 Å². The molecular weight excluding hydrogens is 130 g/mol. The summed E-state index contributed by atoms with van der Waals surface area (Å²) < 4.78 is 0. The third kappa shape index (κ3) is 5.53. The second kappa shape index (κ2) is 6.51. The molecule has 0 aromatic carbocycles. The van der Waals surface area contributed by atoms with Crippen LogP contribution in [0.15, 0.2) is 0 Å². The number of nitrogens with two attached hydrogens (primary N) is 1. The SMILES string of the molecule is CCNCCNC(=O)CN. The Morgan fingerprint density at radius 3 is 2.70 bits per heavy atom. The van der Waals surface area contributed by atoms with E-state index in [4.69, 9.17) is 5.73 Å². The molecule has 0 aliphatic carbocycles. The van der Waals surface area contributed by atoms with E-state index in [1.807, 2.05) is 6.92 Å². The molecule has 0 aliphatic heterocycles. The van der Waals surface area contributed by atoms with Crippen molar-refractivity contribution in [2.24, 2.45) is 5.73 Å². The van der Waals surface area contributed by atoms with Crippen LogP contribution in [-0.2, 0) is 4.79 Å². The van der Waals surface area contributed by atoms with Crippen molar-refractivity contribution in [1.29, 1.82) is 0 Å². The number of carbonyl (C=O) groups is 1. The molecule has 10 heavy (non-hydrogen) atoms. The van der Waals surface area contributed by atoms with Crippen LogP contribution in [0.25, 0.3) is 0 Å². The highest BCUT2D eigenvalue weighted by Gasteiger charge is 1.92. The summed E-state index contributed by atoms with van der Waals surface area (Å²) in [7, 11) is 0. The molecule has 0 saturated heterocycles. The highest BCUT2D eigenvalue weighted by molar-refractivity contribution is 5.77. The Morgan fingerprint density at radius 1 is 1.50 bits per heavy atom. The number of carbonyl (C=O) groups excluding carboxylic acids is 1. The highest BCUT2D eigenvalue weighted by Crippen LogP contribution is 1.60. The van der Waals surface area contributed by atoms with Gasteiger partial charge in [0, 0.05) is 13.1 Å². The minimum absolute atomic E-state index is 0.0755. The molecule has 0 spiro atoms. The van der Waals surface area contributed by atoms with Crippen LogP contribution in [0, 0.1) is 0 Å². The molecule has 60 valence electrons. The van der Waals surface area contributed by atoms with Crippen LogP contribution in [-0.4, -0.2) is 32.1 Å². The summed E-state index contributed by atoms with van der Waals surface area (Å²) in [4.78, 5) is 10.5. The Morgan fingerprint density at radius 2 is 2.20 bits per heavy atom. The molecule has 0 rings (SSSR count). The summed E-state index contributed by atoms with van der Waals surface area (Å²) in [6, 6.07) is 0. The summed E-state index contributed by atoms with van der Waals surface area (Å²) in [6.45, 7) is 4.49. The Balaban J connectivity index is 2.96. The van der Waals surface area contributed by atoms with Crippen molar-refractivity contribution >= 4 is 5.91 Å². The zero-order chi connectivity index (χ0) is 7.82. The lowest BCUT2D eigenvalue weighted by Gasteiger charge is -2.02. The van der Waals surface area contributed by atoms with Crippen LogP contribution in [0.1, 0.15) is 6.92 Å². The fourth-order valence-electron chi connectivity index (χ4n) is 0.539. The predicted octanol–water partition coefficient (Wildman–Crippen LogP) is -1.33. The van der Waals surface area contributed by atoms with Gasteiger partial charge in [-0.1, -0.05) is 6.92 Å². The van der Waals surface area contributed by atoms with Crippen molar-refractivity contribution < 1.29 is 4.79 Å². The van der Waals surface area contributed by atoms with Gasteiger partial charge >= 0.3 is 0 Å². The summed E-state index contributed by atoms with van der Waals surface area (Å²) in [5.41, 5.74) is 5.05. The molecule has 0 bridgehead atoms. The molecule has 4 nitrogen and oxygen atoms in total. The van der Waals surface area contributed by atoms with Crippen molar-refractivity contribution in [2.45, 2.75) is 6.92 Å². The minimum Gasteiger partial charge on any atom is -0.354 e. The molecular formula is C6H15N3O. The van der Waals surface area contributed by atoms with Crippen molar-refractivity contribution in [3.8, 4) is 0 Å². The molecule has 0 heterocycles. The van der Waals surface area contributed by atoms with Gasteiger partial charge in [0.25, 0.3) is 0 Å². The van der Waals surface area contributed by atoms with Gasteiger partial charge in [0.2, 0.25) is 5.91 Å². The molecule has 0 aromatic heterocycles. The van der Waals surface area contributed by atoms with Gasteiger partial charge in [0.15, 0.2) is 0 Å². The summed E-state index contributed by atoms with van der Waals surface area (Å²) >= 11 is 0. The van der Waals surface area contributed by atoms with Crippen molar-refractivity contribution in [1.82, 2.24) is 10.6 Å². The first-order chi connectivity index (χ1) is 4.81. The van der Waals surface area contributed by atoms with E-state index in [2.05, 4.69) is 10.6 Å². The first-order valence-electron chi connectivity index (χ1n) is 3.48. The van der Waals surface area contributed by atoms with E-state index in [1.165, 1.54) is 0 Å². The molecule has 1 amide bonds. The van der Waals surface area contributed by atoms with Gasteiger partial charge in [-0.2, -0.15) is 0 Å². The van der Waals surface area contributed by atoms with Gasteiger partial charge in [-0.15, -0.1) is 0 Å². The van der Waals surface area contributed by atoms with Crippen LogP contribution in [0.5, 0.6) is 0 Å². The van der Waals surface area contributed by atoms with E-state index in [1.54, 1.807) is 0 Å². The second-order valence-electron chi connectivity index (χ2n) is 1.91. The maximum Gasteiger partial charge on any atom is 0.233 e. The lowest BCUT2D eigenvalue weighted by molar-refractivity contribution is -0.119. The fraction of sp³-hybridized carbons (Fsp3) is 0.833. The monoisotopic (exact) mass is 145 g/mol. The van der Waals surface area contributed by atoms with Crippen molar-refractivity contribution in [3.63, 3.8) is 0 Å². The number of rotatable bonds is 5. The summed E-state index contributed by atoms with van der Waals surface area (Å²) in [6.07, 6.45) is 0. The number of hydrogen-bond acceptors (Lipinski definition) is 3. The van der Waals surface area contributed by atoms with Crippen LogP contribution in [0.2, 0.25) is 0 Å². The van der Waals surface area contributed by atoms with Crippen molar-refractivity contribution in [2.75, 3.05) is 26.2 Å². The van der Waals surface area contributed by atoms with Crippen LogP contribution in [0.4, 0.5) is 0 Å². The van der Waals surface area contributed by atoms with Crippen LogP contribution in [0.3, 0.4) is 0 Å². The maximum absolute atomic E-state index is 10.5. The number of hydrogen-bond donors (Lipinski definition) is 3. The van der Waals surface area contributed by atoms with E-state index in [9.17, 15) is 4.79 Å². The lowest BCUT2D eigenvalue weighted by Crippen LogP contribution is -2.35. The Hall–Kier alpha value is -0.610. The van der Waals surface area contributed by atoms with Gasteiger partial charge < -0.3 is 16.4 Å². The zero-order valence-electron chi connectivity index (χ0n) is 6.31. The average Bonchev–Trinajstić information content (AvgIpc) is 1.98. The van der Waals surface area contributed by atoms with Gasteiger partial charge in [0.05, 0.1) is 6.54 Å². The number of nitrogens with one attached hydrogen (secondary N) is 2. The Bertz CT molecular complexity index is 95.0. The first kappa shape index (κ1) is 9.39. The molecule has 0 aliphatic rings. The molecule has 0 radical (unpaired) electrons. The van der Waals surface area contributed by atoms with Gasteiger partial charge in [-0.25, -0.2) is 0 Å². The van der Waals surface area contributed by atoms with Crippen LogP contribution < -0.4 is 16.4 Å². The van der Waals surface area contributed by atoms with Gasteiger partial charge in [-0.3, -0.25) is 4.79 Å². The normalized spacial score (nSPS) is 9.40. The highest BCUT2D eigenvalue weighted by atomic mass is 16.1. The number of likely N-dealkylation sites (N-methyl/N-ethyl adjacent to an activating group) is 1. The molecule has 0 aromatic rings. The van der Waals surface area contributed by atoms with E-state index >= 15 is 0 Å². The Kier molecular flexibility index (Phi) is 6.11. The van der Waals surface area contributed by atoms with Gasteiger partial charge in [-0.05, 0) is 6.54 Å². The lowest BCUT2D eigenvalue weighted by atomic mass is 10.5. The molecule has 0 atom stereocenters. The Labute approximate surface area is 61.2 Å². The van der Waals surface area contributed by atoms with E-state index in [0.717, 1.165) is 13.1 Å². The van der Waals surface area contributed by atoms with Crippen molar-refractivity contribution in [3.05, 3.63) is 0 Å². The quantitative estimate of drug-likeness (QED) is 0.420. The molecule has 4 heteroatoms. The van der Waals surface area contributed by atoms with E-state index in [0.29, 0.717) is 6.54 Å². The third-order valence-electron chi connectivity index (χ3n) is 1.06.